The lowest BCUT2D eigenvalue weighted by molar-refractivity contribution is -0.117. The van der Waals surface area contributed by atoms with E-state index < -0.39 is 0 Å². The number of benzene rings is 1. The first kappa shape index (κ1) is 19.0. The van der Waals surface area contributed by atoms with Crippen LogP contribution in [-0.2, 0) is 4.79 Å². The first-order chi connectivity index (χ1) is 12.6. The molecule has 7 heteroatoms. The molecule has 3 rings (SSSR count). The molecule has 0 aromatic heterocycles. The molecule has 1 aliphatic heterocycles. The van der Waals surface area contributed by atoms with Gasteiger partial charge in [-0.2, -0.15) is 0 Å². The molecule has 1 aliphatic carbocycles. The molecule has 0 spiro atoms. The van der Waals surface area contributed by atoms with Crippen LogP contribution in [0.15, 0.2) is 24.3 Å². The summed E-state index contributed by atoms with van der Waals surface area (Å²) in [7, 11) is 0. The summed E-state index contributed by atoms with van der Waals surface area (Å²) >= 11 is 5.56. The zero-order valence-corrected chi connectivity index (χ0v) is 15.9. The summed E-state index contributed by atoms with van der Waals surface area (Å²) in [5.74, 6) is -0.384. The van der Waals surface area contributed by atoms with Crippen molar-refractivity contribution in [3.63, 3.8) is 0 Å². The quantitative estimate of drug-likeness (QED) is 0.789. The Balaban J connectivity index is 1.38. The predicted octanol–water partition coefficient (Wildman–Crippen LogP) is 2.59. The van der Waals surface area contributed by atoms with Gasteiger partial charge in [0.25, 0.3) is 0 Å². The van der Waals surface area contributed by atoms with E-state index >= 15 is 0 Å². The number of nitrogens with one attached hydrogen (secondary N) is 2. The van der Waals surface area contributed by atoms with Gasteiger partial charge in [-0.05, 0) is 49.3 Å². The second kappa shape index (κ2) is 9.28. The second-order valence-corrected chi connectivity index (χ2v) is 7.49. The van der Waals surface area contributed by atoms with E-state index in [0.29, 0.717) is 18.3 Å². The van der Waals surface area contributed by atoms with E-state index in [4.69, 9.17) is 12.2 Å². The number of rotatable bonds is 4. The maximum absolute atomic E-state index is 12.9. The molecule has 5 nitrogen and oxygen atoms in total. The van der Waals surface area contributed by atoms with Crippen molar-refractivity contribution in [2.75, 3.05) is 38.0 Å². The topological polar surface area (TPSA) is 47.6 Å². The minimum atomic E-state index is -0.308. The number of anilines is 1. The summed E-state index contributed by atoms with van der Waals surface area (Å²) in [6.07, 6.45) is 6.34. The Morgan fingerprint density at radius 1 is 1.08 bits per heavy atom. The summed E-state index contributed by atoms with van der Waals surface area (Å²) in [5.41, 5.74) is 0.618. The Morgan fingerprint density at radius 2 is 1.73 bits per heavy atom. The molecule has 1 saturated heterocycles. The first-order valence-corrected chi connectivity index (χ1v) is 9.84. The normalized spacial score (nSPS) is 19.2. The van der Waals surface area contributed by atoms with E-state index in [1.165, 1.54) is 44.2 Å². The highest BCUT2D eigenvalue weighted by atomic mass is 32.1. The van der Waals surface area contributed by atoms with Gasteiger partial charge in [0, 0.05) is 37.9 Å². The minimum absolute atomic E-state index is 0.0760. The lowest BCUT2D eigenvalue weighted by atomic mass is 9.96. The van der Waals surface area contributed by atoms with E-state index in [-0.39, 0.29) is 11.7 Å². The number of amides is 1. The van der Waals surface area contributed by atoms with Gasteiger partial charge in [0.05, 0.1) is 6.54 Å². The highest BCUT2D eigenvalue weighted by Gasteiger charge is 2.22. The van der Waals surface area contributed by atoms with E-state index in [1.807, 2.05) is 0 Å². The molecule has 1 heterocycles. The van der Waals surface area contributed by atoms with Crippen molar-refractivity contribution in [3.8, 4) is 0 Å². The molecule has 1 aromatic carbocycles. The van der Waals surface area contributed by atoms with Gasteiger partial charge < -0.3 is 15.5 Å². The Labute approximate surface area is 159 Å². The number of hydrogen-bond donors (Lipinski definition) is 2. The summed E-state index contributed by atoms with van der Waals surface area (Å²) in [4.78, 5) is 16.5. The third kappa shape index (κ3) is 5.64. The smallest absolute Gasteiger partial charge is 0.238 e. The van der Waals surface area contributed by atoms with Crippen molar-refractivity contribution >= 4 is 28.9 Å². The summed E-state index contributed by atoms with van der Waals surface area (Å²) < 4.78 is 12.9. The Bertz CT molecular complexity index is 610. The third-order valence-corrected chi connectivity index (χ3v) is 5.46. The molecule has 1 saturated carbocycles. The zero-order valence-electron chi connectivity index (χ0n) is 15.0. The van der Waals surface area contributed by atoms with E-state index in [1.54, 1.807) is 12.1 Å². The summed E-state index contributed by atoms with van der Waals surface area (Å²) in [6, 6.07) is 6.35. The Hall–Kier alpha value is -1.73. The van der Waals surface area contributed by atoms with Crippen molar-refractivity contribution in [2.24, 2.45) is 0 Å². The van der Waals surface area contributed by atoms with Gasteiger partial charge in [-0.15, -0.1) is 0 Å². The van der Waals surface area contributed by atoms with Crippen LogP contribution in [0, 0.1) is 5.82 Å². The van der Waals surface area contributed by atoms with E-state index in [9.17, 15) is 9.18 Å². The van der Waals surface area contributed by atoms with Crippen LogP contribution in [0.25, 0.3) is 0 Å². The van der Waals surface area contributed by atoms with Crippen LogP contribution in [0.2, 0.25) is 0 Å². The fourth-order valence-electron chi connectivity index (χ4n) is 3.56. The van der Waals surface area contributed by atoms with Crippen molar-refractivity contribution in [3.05, 3.63) is 30.1 Å². The minimum Gasteiger partial charge on any atom is -0.360 e. The average Bonchev–Trinajstić information content (AvgIpc) is 2.65. The first-order valence-electron chi connectivity index (χ1n) is 9.43. The van der Waals surface area contributed by atoms with Crippen LogP contribution in [0.4, 0.5) is 10.1 Å². The number of hydrogen-bond acceptors (Lipinski definition) is 3. The second-order valence-electron chi connectivity index (χ2n) is 7.10. The highest BCUT2D eigenvalue weighted by Crippen LogP contribution is 2.18. The molecule has 0 unspecified atom stereocenters. The molecule has 1 aromatic rings. The SMILES string of the molecule is O=C(CN1CCN(C(=S)NC2CCCCC2)CC1)Nc1ccc(F)cc1. The number of halogens is 1. The lowest BCUT2D eigenvalue weighted by Crippen LogP contribution is -2.54. The maximum atomic E-state index is 12.9. The largest absolute Gasteiger partial charge is 0.360 e. The summed E-state index contributed by atoms with van der Waals surface area (Å²) in [5, 5.41) is 7.17. The van der Waals surface area contributed by atoms with Crippen LogP contribution in [0.3, 0.4) is 0 Å². The lowest BCUT2D eigenvalue weighted by Gasteiger charge is -2.37. The number of carbonyl (C=O) groups excluding carboxylic acids is 1. The van der Waals surface area contributed by atoms with Crippen LogP contribution in [0.1, 0.15) is 32.1 Å². The molecule has 0 atom stereocenters. The Morgan fingerprint density at radius 3 is 2.38 bits per heavy atom. The van der Waals surface area contributed by atoms with Crippen molar-refractivity contribution < 1.29 is 9.18 Å². The molecule has 2 fully saturated rings. The predicted molar refractivity (Wildman–Crippen MR) is 106 cm³/mol. The van der Waals surface area contributed by atoms with Gasteiger partial charge in [0.15, 0.2) is 5.11 Å². The molecular formula is C19H27FN4OS. The number of nitrogens with zero attached hydrogens (tertiary/aromatic N) is 2. The zero-order chi connectivity index (χ0) is 18.4. The Kier molecular flexibility index (Phi) is 6.80. The number of piperazine rings is 1. The van der Waals surface area contributed by atoms with E-state index in [2.05, 4.69) is 20.4 Å². The number of thiocarbonyl (C=S) groups is 1. The van der Waals surface area contributed by atoms with Gasteiger partial charge in [0.2, 0.25) is 5.91 Å². The standard InChI is InChI=1S/C19H27FN4OS/c20-15-6-8-17(9-7-15)21-18(25)14-23-10-12-24(13-11-23)19(26)22-16-4-2-1-3-5-16/h6-9,16H,1-5,10-14H2,(H,21,25)(H,22,26). The molecule has 142 valence electrons. The van der Waals surface area contributed by atoms with E-state index in [0.717, 1.165) is 31.3 Å². The van der Waals surface area contributed by atoms with Crippen LogP contribution >= 0.6 is 12.2 Å². The third-order valence-electron chi connectivity index (χ3n) is 5.09. The van der Waals surface area contributed by atoms with Crippen LogP contribution in [0.5, 0.6) is 0 Å². The van der Waals surface area contributed by atoms with Gasteiger partial charge in [-0.25, -0.2) is 4.39 Å². The van der Waals surface area contributed by atoms with Crippen molar-refractivity contribution in [1.29, 1.82) is 0 Å². The fraction of sp³-hybridized carbons (Fsp3) is 0.579. The molecule has 1 amide bonds. The van der Waals surface area contributed by atoms with Crippen LogP contribution < -0.4 is 10.6 Å². The average molecular weight is 379 g/mol. The summed E-state index contributed by atoms with van der Waals surface area (Å²) in [6.45, 7) is 3.63. The molecular weight excluding hydrogens is 351 g/mol. The molecule has 26 heavy (non-hydrogen) atoms. The van der Waals surface area contributed by atoms with Gasteiger partial charge >= 0.3 is 0 Å². The molecule has 0 bridgehead atoms. The number of carbonyl (C=O) groups is 1. The van der Waals surface area contributed by atoms with Crippen LogP contribution in [-0.4, -0.2) is 59.6 Å². The monoisotopic (exact) mass is 378 g/mol. The van der Waals surface area contributed by atoms with Gasteiger partial charge in [-0.1, -0.05) is 19.3 Å². The molecule has 2 aliphatic rings. The molecule has 2 N–H and O–H groups in total. The molecule has 0 radical (unpaired) electrons. The van der Waals surface area contributed by atoms with Gasteiger partial charge in [-0.3, -0.25) is 9.69 Å². The maximum Gasteiger partial charge on any atom is 0.238 e. The highest BCUT2D eigenvalue weighted by molar-refractivity contribution is 7.80. The van der Waals surface area contributed by atoms with Crippen molar-refractivity contribution in [1.82, 2.24) is 15.1 Å². The fourth-order valence-corrected chi connectivity index (χ4v) is 3.91. The van der Waals surface area contributed by atoms with Crippen molar-refractivity contribution in [2.45, 2.75) is 38.1 Å². The van der Waals surface area contributed by atoms with Gasteiger partial charge in [0.1, 0.15) is 5.82 Å².